The molecule has 0 aliphatic rings. The summed E-state index contributed by atoms with van der Waals surface area (Å²) in [6, 6.07) is 11.8. The Bertz CT molecular complexity index is 831. The first-order valence-electron chi connectivity index (χ1n) is 8.37. The zero-order valence-electron chi connectivity index (χ0n) is 14.7. The van der Waals surface area contributed by atoms with Crippen LogP contribution in [0.4, 0.5) is 5.82 Å². The van der Waals surface area contributed by atoms with Gasteiger partial charge in [0.2, 0.25) is 0 Å². The molecule has 2 unspecified atom stereocenters. The molecule has 6 heteroatoms. The third kappa shape index (κ3) is 4.22. The molecule has 0 radical (unpaired) electrons. The molecule has 2 aromatic heterocycles. The van der Waals surface area contributed by atoms with Crippen molar-refractivity contribution in [3.63, 3.8) is 0 Å². The molecule has 0 fully saturated rings. The molecule has 0 amide bonds. The van der Waals surface area contributed by atoms with Gasteiger partial charge in [-0.3, -0.25) is 4.98 Å². The van der Waals surface area contributed by atoms with Gasteiger partial charge < -0.3 is 10.4 Å². The molecule has 6 nitrogen and oxygen atoms in total. The van der Waals surface area contributed by atoms with Crippen LogP contribution in [0.3, 0.4) is 0 Å². The van der Waals surface area contributed by atoms with Crippen molar-refractivity contribution in [1.29, 1.82) is 0 Å². The van der Waals surface area contributed by atoms with Crippen LogP contribution < -0.4 is 5.32 Å². The third-order valence-electron chi connectivity index (χ3n) is 4.09. The fourth-order valence-corrected chi connectivity index (χ4v) is 2.75. The van der Waals surface area contributed by atoms with Crippen LogP contribution in [0.25, 0.3) is 5.82 Å². The average Bonchev–Trinajstić information content (AvgIpc) is 2.94. The van der Waals surface area contributed by atoms with Crippen molar-refractivity contribution in [2.45, 2.75) is 39.3 Å². The van der Waals surface area contributed by atoms with Crippen molar-refractivity contribution in [2.24, 2.45) is 0 Å². The lowest BCUT2D eigenvalue weighted by Crippen LogP contribution is -2.32. The number of aliphatic hydroxyl groups excluding tert-OH is 1. The second kappa shape index (κ2) is 7.44. The maximum Gasteiger partial charge on any atom is 0.174 e. The van der Waals surface area contributed by atoms with Crippen molar-refractivity contribution >= 4 is 5.82 Å². The molecule has 2 atom stereocenters. The van der Waals surface area contributed by atoms with E-state index in [-0.39, 0.29) is 6.04 Å². The largest absolute Gasteiger partial charge is 0.391 e. The number of hydrogen-bond donors (Lipinski definition) is 2. The Balaban J connectivity index is 1.70. The van der Waals surface area contributed by atoms with Crippen LogP contribution in [0.15, 0.2) is 48.8 Å². The fraction of sp³-hybridized carbons (Fsp3) is 0.316. The SMILES string of the molecule is Cc1cc(C)n(-c2cncc(NC(C)C(O)Cc3ccccc3)n2)n1. The highest BCUT2D eigenvalue weighted by Crippen LogP contribution is 2.13. The van der Waals surface area contributed by atoms with E-state index in [1.165, 1.54) is 0 Å². The van der Waals surface area contributed by atoms with Crippen LogP contribution in [0, 0.1) is 13.8 Å². The molecular formula is C19H23N5O. The van der Waals surface area contributed by atoms with Crippen LogP contribution in [0.1, 0.15) is 23.9 Å². The Morgan fingerprint density at radius 2 is 1.92 bits per heavy atom. The topological polar surface area (TPSA) is 75.9 Å². The van der Waals surface area contributed by atoms with E-state index >= 15 is 0 Å². The van der Waals surface area contributed by atoms with E-state index in [0.29, 0.717) is 18.1 Å². The summed E-state index contributed by atoms with van der Waals surface area (Å²) >= 11 is 0. The van der Waals surface area contributed by atoms with Crippen molar-refractivity contribution in [1.82, 2.24) is 19.7 Å². The van der Waals surface area contributed by atoms with Gasteiger partial charge in [-0.25, -0.2) is 9.67 Å². The first kappa shape index (κ1) is 17.1. The van der Waals surface area contributed by atoms with Gasteiger partial charge >= 0.3 is 0 Å². The molecule has 2 N–H and O–H groups in total. The van der Waals surface area contributed by atoms with E-state index in [4.69, 9.17) is 0 Å². The van der Waals surface area contributed by atoms with Gasteiger partial charge in [-0.2, -0.15) is 5.10 Å². The maximum absolute atomic E-state index is 10.4. The Kier molecular flexibility index (Phi) is 5.09. The Morgan fingerprint density at radius 3 is 2.60 bits per heavy atom. The summed E-state index contributed by atoms with van der Waals surface area (Å²) in [6.07, 6.45) is 3.39. The molecule has 0 saturated carbocycles. The molecule has 0 aliphatic carbocycles. The molecular weight excluding hydrogens is 314 g/mol. The monoisotopic (exact) mass is 337 g/mol. The second-order valence-electron chi connectivity index (χ2n) is 6.29. The van der Waals surface area contributed by atoms with Gasteiger partial charge in [-0.05, 0) is 32.4 Å². The summed E-state index contributed by atoms with van der Waals surface area (Å²) in [5, 5.41) is 18.1. The van der Waals surface area contributed by atoms with Crippen LogP contribution >= 0.6 is 0 Å². The standard InChI is InChI=1S/C19H23N5O/c1-13-9-14(2)24(23-13)19-12-20-11-18(22-19)21-15(3)17(25)10-16-7-5-4-6-8-16/h4-9,11-12,15,17,25H,10H2,1-3H3,(H,21,22). The number of benzene rings is 1. The van der Waals surface area contributed by atoms with Gasteiger partial charge in [0, 0.05) is 12.1 Å². The van der Waals surface area contributed by atoms with Gasteiger partial charge in [-0.15, -0.1) is 0 Å². The Hall–Kier alpha value is -2.73. The van der Waals surface area contributed by atoms with Gasteiger partial charge in [0.1, 0.15) is 5.82 Å². The lowest BCUT2D eigenvalue weighted by molar-refractivity contribution is 0.158. The number of aryl methyl sites for hydroxylation is 2. The number of nitrogens with one attached hydrogen (secondary N) is 1. The molecule has 25 heavy (non-hydrogen) atoms. The van der Waals surface area contributed by atoms with Crippen molar-refractivity contribution in [3.05, 3.63) is 65.7 Å². The minimum Gasteiger partial charge on any atom is -0.391 e. The molecule has 130 valence electrons. The summed E-state index contributed by atoms with van der Waals surface area (Å²) in [6.45, 7) is 5.86. The summed E-state index contributed by atoms with van der Waals surface area (Å²) in [5.41, 5.74) is 3.04. The molecule has 1 aromatic carbocycles. The molecule has 3 rings (SSSR count). The minimum absolute atomic E-state index is 0.162. The first-order valence-corrected chi connectivity index (χ1v) is 8.37. The molecule has 0 aliphatic heterocycles. The quantitative estimate of drug-likeness (QED) is 0.723. The smallest absolute Gasteiger partial charge is 0.174 e. The summed E-state index contributed by atoms with van der Waals surface area (Å²) in [5.74, 6) is 1.27. The Labute approximate surface area is 147 Å². The van der Waals surface area contributed by atoms with E-state index in [9.17, 15) is 5.11 Å². The molecule has 2 heterocycles. The van der Waals surface area contributed by atoms with Gasteiger partial charge in [0.05, 0.1) is 30.2 Å². The zero-order chi connectivity index (χ0) is 17.8. The zero-order valence-corrected chi connectivity index (χ0v) is 14.7. The predicted molar refractivity (Wildman–Crippen MR) is 97.9 cm³/mol. The number of aromatic nitrogens is 4. The number of aliphatic hydroxyl groups is 1. The highest BCUT2D eigenvalue weighted by molar-refractivity contribution is 5.38. The summed E-state index contributed by atoms with van der Waals surface area (Å²) in [7, 11) is 0. The lowest BCUT2D eigenvalue weighted by atomic mass is 10.0. The normalized spacial score (nSPS) is 13.4. The van der Waals surface area contributed by atoms with E-state index in [0.717, 1.165) is 17.0 Å². The lowest BCUT2D eigenvalue weighted by Gasteiger charge is -2.21. The van der Waals surface area contributed by atoms with E-state index in [2.05, 4.69) is 20.4 Å². The highest BCUT2D eigenvalue weighted by atomic mass is 16.3. The third-order valence-corrected chi connectivity index (χ3v) is 4.09. The van der Waals surface area contributed by atoms with E-state index in [1.54, 1.807) is 17.1 Å². The van der Waals surface area contributed by atoms with Crippen LogP contribution in [0.2, 0.25) is 0 Å². The van der Waals surface area contributed by atoms with Gasteiger partial charge in [-0.1, -0.05) is 30.3 Å². The number of anilines is 1. The summed E-state index contributed by atoms with van der Waals surface area (Å²) < 4.78 is 1.76. The van der Waals surface area contributed by atoms with Gasteiger partial charge in [0.25, 0.3) is 0 Å². The van der Waals surface area contributed by atoms with Crippen molar-refractivity contribution < 1.29 is 5.11 Å². The number of rotatable bonds is 6. The highest BCUT2D eigenvalue weighted by Gasteiger charge is 2.16. The Morgan fingerprint density at radius 1 is 1.16 bits per heavy atom. The van der Waals surface area contributed by atoms with Crippen LogP contribution in [-0.4, -0.2) is 37.0 Å². The first-order chi connectivity index (χ1) is 12.0. The van der Waals surface area contributed by atoms with Crippen LogP contribution in [0.5, 0.6) is 0 Å². The molecule has 0 saturated heterocycles. The van der Waals surface area contributed by atoms with E-state index in [1.807, 2.05) is 57.2 Å². The minimum atomic E-state index is -0.526. The predicted octanol–water partition coefficient (Wildman–Crippen LogP) is 2.68. The molecule has 0 bridgehead atoms. The van der Waals surface area contributed by atoms with Crippen molar-refractivity contribution in [3.8, 4) is 5.82 Å². The number of nitrogens with zero attached hydrogens (tertiary/aromatic N) is 4. The number of hydrogen-bond acceptors (Lipinski definition) is 5. The average molecular weight is 337 g/mol. The fourth-order valence-electron chi connectivity index (χ4n) is 2.75. The maximum atomic E-state index is 10.4. The summed E-state index contributed by atoms with van der Waals surface area (Å²) in [4.78, 5) is 8.80. The molecule has 0 spiro atoms. The van der Waals surface area contributed by atoms with E-state index < -0.39 is 6.10 Å². The second-order valence-corrected chi connectivity index (χ2v) is 6.29. The van der Waals surface area contributed by atoms with Gasteiger partial charge in [0.15, 0.2) is 5.82 Å². The van der Waals surface area contributed by atoms with Crippen molar-refractivity contribution in [2.75, 3.05) is 5.32 Å². The van der Waals surface area contributed by atoms with Crippen LogP contribution in [-0.2, 0) is 6.42 Å². The molecule has 3 aromatic rings.